The van der Waals surface area contributed by atoms with E-state index in [-0.39, 0.29) is 17.8 Å². The Morgan fingerprint density at radius 1 is 1.18 bits per heavy atom. The zero-order chi connectivity index (χ0) is 32.7. The Morgan fingerprint density at radius 2 is 1.96 bits per heavy atom. The van der Waals surface area contributed by atoms with E-state index < -0.39 is 8.32 Å². The first-order chi connectivity index (χ1) is 21.4. The molecule has 3 heterocycles. The Balaban J connectivity index is 1.57. The number of pyridine rings is 1. The number of fused-ring (bicyclic) bond motifs is 1. The second kappa shape index (κ2) is 14.5. The third kappa shape index (κ3) is 8.59. The lowest BCUT2D eigenvalue weighted by molar-refractivity contribution is -0.129. The topological polar surface area (TPSA) is 137 Å². The van der Waals surface area contributed by atoms with Crippen LogP contribution in [0.1, 0.15) is 12.8 Å². The molecule has 4 aromatic rings. The fourth-order valence-electron chi connectivity index (χ4n) is 4.70. The smallest absolute Gasteiger partial charge is 0.247 e. The van der Waals surface area contributed by atoms with E-state index in [1.807, 2.05) is 49.4 Å². The second-order valence-electron chi connectivity index (χ2n) is 11.3. The summed E-state index contributed by atoms with van der Waals surface area (Å²) in [5, 5.41) is 10.8. The van der Waals surface area contributed by atoms with E-state index in [2.05, 4.69) is 32.3 Å². The van der Waals surface area contributed by atoms with Gasteiger partial charge in [0.1, 0.15) is 5.75 Å². The van der Waals surface area contributed by atoms with Gasteiger partial charge in [0.05, 0.1) is 52.8 Å². The van der Waals surface area contributed by atoms with Gasteiger partial charge < -0.3 is 30.0 Å². The van der Waals surface area contributed by atoms with Crippen LogP contribution < -0.4 is 20.3 Å². The molecule has 0 aliphatic rings. The highest BCUT2D eigenvalue weighted by Crippen LogP contribution is 2.38. The summed E-state index contributed by atoms with van der Waals surface area (Å²) in [5.41, 5.74) is 3.76. The Kier molecular flexibility index (Phi) is 10.8. The molecule has 0 aliphatic carbocycles. The highest BCUT2D eigenvalue weighted by atomic mass is 35.5. The molecule has 3 N–H and O–H groups in total. The molecule has 1 aromatic carbocycles. The summed E-state index contributed by atoms with van der Waals surface area (Å²) in [7, 11) is 2.99. The summed E-state index contributed by atoms with van der Waals surface area (Å²) < 4.78 is 7.45. The number of nitrogens with zero attached hydrogens (tertiary/aromatic N) is 6. The number of hydrogen-bond donors (Lipinski definition) is 3. The lowest BCUT2D eigenvalue weighted by Crippen LogP contribution is -2.35. The molecule has 0 unspecified atom stereocenters. The Bertz CT molecular complexity index is 1690. The molecule has 0 atom stereocenters. The van der Waals surface area contributed by atoms with Crippen molar-refractivity contribution in [3.8, 4) is 17.0 Å². The van der Waals surface area contributed by atoms with Crippen molar-refractivity contribution in [1.29, 1.82) is 0 Å². The average molecular weight is 651 g/mol. The van der Waals surface area contributed by atoms with Crippen LogP contribution >= 0.6 is 11.6 Å². The number of anilines is 4. The monoisotopic (exact) mass is 650 g/mol. The van der Waals surface area contributed by atoms with Crippen LogP contribution in [-0.4, -0.2) is 83.7 Å². The minimum absolute atomic E-state index is 0.0189. The van der Waals surface area contributed by atoms with Gasteiger partial charge in [0.2, 0.25) is 17.8 Å². The van der Waals surface area contributed by atoms with E-state index in [1.165, 1.54) is 12.3 Å². The molecule has 12 nitrogen and oxygen atoms in total. The molecule has 3 aromatic heterocycles. The predicted octanol–water partition coefficient (Wildman–Crippen LogP) is 5.19. The van der Waals surface area contributed by atoms with Crippen LogP contribution in [0.15, 0.2) is 61.6 Å². The molecule has 14 heteroatoms. The van der Waals surface area contributed by atoms with Crippen LogP contribution in [0.3, 0.4) is 0 Å². The molecule has 0 bridgehead atoms. The van der Waals surface area contributed by atoms with Gasteiger partial charge >= 0.3 is 0 Å². The van der Waals surface area contributed by atoms with Crippen LogP contribution in [0.2, 0.25) is 24.2 Å². The quantitative estimate of drug-likeness (QED) is 0.124. The summed E-state index contributed by atoms with van der Waals surface area (Å²) in [6.45, 7) is 8.26. The number of nitrogens with one attached hydrogen (secondary N) is 2. The molecule has 45 heavy (non-hydrogen) atoms. The zero-order valence-electron chi connectivity index (χ0n) is 26.2. The van der Waals surface area contributed by atoms with Crippen molar-refractivity contribution in [2.75, 3.05) is 49.8 Å². The van der Waals surface area contributed by atoms with Gasteiger partial charge in [-0.05, 0) is 49.8 Å². The Hall–Kier alpha value is -4.46. The molecule has 0 radical (unpaired) electrons. The molecule has 0 saturated carbocycles. The van der Waals surface area contributed by atoms with E-state index in [0.29, 0.717) is 65.5 Å². The summed E-state index contributed by atoms with van der Waals surface area (Å²) >= 11 is 6.51. The molecule has 238 valence electrons. The molecule has 0 spiro atoms. The van der Waals surface area contributed by atoms with Crippen LogP contribution in [0.5, 0.6) is 5.75 Å². The van der Waals surface area contributed by atoms with Crippen molar-refractivity contribution in [3.05, 3.63) is 66.6 Å². The number of likely N-dealkylation sites (N-methyl/N-ethyl adjacent to an activating group) is 2. The van der Waals surface area contributed by atoms with Crippen molar-refractivity contribution in [2.24, 2.45) is 0 Å². The van der Waals surface area contributed by atoms with E-state index >= 15 is 0 Å². The lowest BCUT2D eigenvalue weighted by Gasteiger charge is -2.27. The number of halogens is 1. The SMILES string of the molecule is C=CC(=O)Nc1cc(Nc2ncc(Cl)c(-c3cnn4ccccc34)n2)c(OC)cc1N(C)CCN(C)C(=O)CCC[Si](C)(C)O. The van der Waals surface area contributed by atoms with Gasteiger partial charge in [-0.1, -0.05) is 24.2 Å². The van der Waals surface area contributed by atoms with Crippen LogP contribution in [0, 0.1) is 0 Å². The van der Waals surface area contributed by atoms with Gasteiger partial charge in [-0.15, -0.1) is 0 Å². The van der Waals surface area contributed by atoms with E-state index in [0.717, 1.165) is 11.1 Å². The maximum Gasteiger partial charge on any atom is 0.247 e. The van der Waals surface area contributed by atoms with Crippen LogP contribution in [0.4, 0.5) is 23.0 Å². The average Bonchev–Trinajstić information content (AvgIpc) is 3.44. The van der Waals surface area contributed by atoms with E-state index in [4.69, 9.17) is 16.3 Å². The van der Waals surface area contributed by atoms with Crippen molar-refractivity contribution < 1.29 is 19.1 Å². The first kappa shape index (κ1) is 33.4. The molecular formula is C31H39ClN8O4Si. The van der Waals surface area contributed by atoms with Gasteiger partial charge in [0.25, 0.3) is 0 Å². The molecule has 0 fully saturated rings. The van der Waals surface area contributed by atoms with Gasteiger partial charge in [-0.3, -0.25) is 9.59 Å². The maximum atomic E-state index is 12.7. The highest BCUT2D eigenvalue weighted by Gasteiger charge is 2.20. The fraction of sp³-hybridized carbons (Fsp3) is 0.323. The molecular weight excluding hydrogens is 612 g/mol. The Labute approximate surface area is 268 Å². The molecule has 0 aliphatic heterocycles. The van der Waals surface area contributed by atoms with Crippen molar-refractivity contribution in [1.82, 2.24) is 24.5 Å². The number of ether oxygens (including phenoxy) is 1. The number of amides is 2. The largest absolute Gasteiger partial charge is 0.494 e. The maximum absolute atomic E-state index is 12.7. The van der Waals surface area contributed by atoms with Gasteiger partial charge in [0.15, 0.2) is 8.32 Å². The summed E-state index contributed by atoms with van der Waals surface area (Å²) in [6.07, 6.45) is 7.29. The number of methoxy groups -OCH3 is 1. The summed E-state index contributed by atoms with van der Waals surface area (Å²) in [6, 6.07) is 9.92. The van der Waals surface area contributed by atoms with Crippen LogP contribution in [0.25, 0.3) is 16.8 Å². The number of carbonyl (C=O) groups is 2. The van der Waals surface area contributed by atoms with Crippen molar-refractivity contribution in [3.63, 3.8) is 0 Å². The number of rotatable bonds is 14. The number of benzene rings is 1. The molecule has 0 saturated heterocycles. The van der Waals surface area contributed by atoms with Gasteiger partial charge in [-0.2, -0.15) is 5.10 Å². The van der Waals surface area contributed by atoms with E-state index in [9.17, 15) is 14.4 Å². The second-order valence-corrected chi connectivity index (χ2v) is 15.8. The van der Waals surface area contributed by atoms with Gasteiger partial charge in [-0.25, -0.2) is 14.5 Å². The standard InChI is InChI=1S/C31H39ClN8O4Si/c1-7-28(41)35-23-17-24(36-31-33-20-22(32)30(37-31)21-19-34-40-13-9-8-11-25(21)40)27(44-4)18-26(23)38(2)14-15-39(3)29(42)12-10-16-45(5,6)43/h7-9,11,13,17-20,43H,1,10,12,14-16H2,2-6H3,(H,35,41)(H,33,36,37). The van der Waals surface area contributed by atoms with Crippen LogP contribution in [-0.2, 0) is 9.59 Å². The first-order valence-corrected chi connectivity index (χ1v) is 18.0. The number of hydrogen-bond acceptors (Lipinski definition) is 9. The van der Waals surface area contributed by atoms with Crippen molar-refractivity contribution >= 4 is 60.3 Å². The zero-order valence-corrected chi connectivity index (χ0v) is 27.9. The predicted molar refractivity (Wildman–Crippen MR) is 181 cm³/mol. The third-order valence-corrected chi connectivity index (χ3v) is 9.07. The normalized spacial score (nSPS) is 11.3. The number of aromatic nitrogens is 4. The molecule has 2 amide bonds. The number of carbonyl (C=O) groups excluding carboxylic acids is 2. The highest BCUT2D eigenvalue weighted by molar-refractivity contribution is 6.69. The Morgan fingerprint density at radius 3 is 2.67 bits per heavy atom. The van der Waals surface area contributed by atoms with E-state index in [1.54, 1.807) is 41.9 Å². The summed E-state index contributed by atoms with van der Waals surface area (Å²) in [5.74, 6) is 0.370. The van der Waals surface area contributed by atoms with Crippen molar-refractivity contribution in [2.45, 2.75) is 32.0 Å². The fourth-order valence-corrected chi connectivity index (χ4v) is 5.93. The third-order valence-electron chi connectivity index (χ3n) is 7.22. The lowest BCUT2D eigenvalue weighted by atomic mass is 10.2. The molecule has 4 rings (SSSR count). The summed E-state index contributed by atoms with van der Waals surface area (Å²) in [4.78, 5) is 47.8. The van der Waals surface area contributed by atoms with Gasteiger partial charge in [0, 0.05) is 51.4 Å². The first-order valence-electron chi connectivity index (χ1n) is 14.5. The minimum atomic E-state index is -2.18. The minimum Gasteiger partial charge on any atom is -0.494 e.